The molecule has 0 saturated heterocycles. The van der Waals surface area contributed by atoms with Gasteiger partial charge in [0.05, 0.1) is 5.60 Å². The zero-order valence-corrected chi connectivity index (χ0v) is 8.05. The van der Waals surface area contributed by atoms with Gasteiger partial charge in [-0.3, -0.25) is 0 Å². The lowest BCUT2D eigenvalue weighted by atomic mass is 9.99. The quantitative estimate of drug-likeness (QED) is 0.761. The third-order valence-corrected chi connectivity index (χ3v) is 1.96. The molecule has 0 unspecified atom stereocenters. The van der Waals surface area contributed by atoms with Crippen LogP contribution in [-0.4, -0.2) is 10.7 Å². The van der Waals surface area contributed by atoms with E-state index in [4.69, 9.17) is 0 Å². The smallest absolute Gasteiger partial charge is 0.126 e. The van der Waals surface area contributed by atoms with Crippen LogP contribution in [0.25, 0.3) is 0 Å². The number of aliphatic hydroxyl groups is 1. The van der Waals surface area contributed by atoms with Gasteiger partial charge in [-0.05, 0) is 38.3 Å². The number of aryl methyl sites for hydroxylation is 1. The average molecular weight is 182 g/mol. The summed E-state index contributed by atoms with van der Waals surface area (Å²) in [5.41, 5.74) is -0.0490. The minimum absolute atomic E-state index is 0.188. The highest BCUT2D eigenvalue weighted by molar-refractivity contribution is 5.17. The first-order chi connectivity index (χ1) is 5.99. The second-order valence-electron chi connectivity index (χ2n) is 3.90. The molecule has 0 bridgehead atoms. The fourth-order valence-electron chi connectivity index (χ4n) is 1.14. The van der Waals surface area contributed by atoms with Crippen molar-refractivity contribution in [3.05, 3.63) is 35.6 Å². The molecule has 1 aromatic carbocycles. The molecule has 1 aromatic rings. The first kappa shape index (κ1) is 10.2. The van der Waals surface area contributed by atoms with Crippen molar-refractivity contribution in [2.75, 3.05) is 0 Å². The van der Waals surface area contributed by atoms with Crippen LogP contribution in [0, 0.1) is 5.82 Å². The Hall–Kier alpha value is -0.890. The highest BCUT2D eigenvalue weighted by Gasteiger charge is 2.13. The zero-order valence-electron chi connectivity index (χ0n) is 8.05. The molecule has 72 valence electrons. The topological polar surface area (TPSA) is 20.2 Å². The minimum Gasteiger partial charge on any atom is -0.390 e. The SMILES string of the molecule is CC(C)(O)CCc1ccccc1F. The highest BCUT2D eigenvalue weighted by atomic mass is 19.1. The van der Waals surface area contributed by atoms with E-state index >= 15 is 0 Å². The van der Waals surface area contributed by atoms with Crippen molar-refractivity contribution in [1.29, 1.82) is 0 Å². The Morgan fingerprint density at radius 3 is 2.46 bits per heavy atom. The summed E-state index contributed by atoms with van der Waals surface area (Å²) in [5.74, 6) is -0.188. The van der Waals surface area contributed by atoms with Crippen molar-refractivity contribution >= 4 is 0 Å². The number of hydrogen-bond donors (Lipinski definition) is 1. The molecule has 0 aromatic heterocycles. The van der Waals surface area contributed by atoms with Gasteiger partial charge in [0.2, 0.25) is 0 Å². The van der Waals surface area contributed by atoms with Crippen molar-refractivity contribution in [1.82, 2.24) is 0 Å². The lowest BCUT2D eigenvalue weighted by Crippen LogP contribution is -2.19. The molecule has 1 N–H and O–H groups in total. The minimum atomic E-state index is -0.720. The summed E-state index contributed by atoms with van der Waals surface area (Å²) in [6.45, 7) is 3.46. The van der Waals surface area contributed by atoms with Crippen LogP contribution in [0.5, 0.6) is 0 Å². The first-order valence-electron chi connectivity index (χ1n) is 4.45. The predicted molar refractivity (Wildman–Crippen MR) is 51.0 cm³/mol. The van der Waals surface area contributed by atoms with Gasteiger partial charge in [0, 0.05) is 0 Å². The lowest BCUT2D eigenvalue weighted by molar-refractivity contribution is 0.0712. The van der Waals surface area contributed by atoms with E-state index in [1.807, 2.05) is 6.07 Å². The molecule has 0 aliphatic heterocycles. The molecule has 0 spiro atoms. The largest absolute Gasteiger partial charge is 0.390 e. The van der Waals surface area contributed by atoms with Crippen molar-refractivity contribution in [3.8, 4) is 0 Å². The third kappa shape index (κ3) is 3.55. The summed E-state index contributed by atoms with van der Waals surface area (Å²) >= 11 is 0. The van der Waals surface area contributed by atoms with E-state index in [0.717, 1.165) is 0 Å². The van der Waals surface area contributed by atoms with Gasteiger partial charge < -0.3 is 5.11 Å². The van der Waals surface area contributed by atoms with Gasteiger partial charge >= 0.3 is 0 Å². The molecular weight excluding hydrogens is 167 g/mol. The lowest BCUT2D eigenvalue weighted by Gasteiger charge is -2.16. The Morgan fingerprint density at radius 1 is 1.31 bits per heavy atom. The molecule has 0 radical (unpaired) electrons. The van der Waals surface area contributed by atoms with E-state index in [1.165, 1.54) is 6.07 Å². The van der Waals surface area contributed by atoms with Crippen LogP contribution in [0.15, 0.2) is 24.3 Å². The molecule has 0 aliphatic rings. The molecule has 0 aliphatic carbocycles. The van der Waals surface area contributed by atoms with Crippen LogP contribution in [0.1, 0.15) is 25.8 Å². The molecule has 0 saturated carbocycles. The van der Waals surface area contributed by atoms with Crippen LogP contribution in [0.4, 0.5) is 4.39 Å². The van der Waals surface area contributed by atoms with Crippen LogP contribution in [-0.2, 0) is 6.42 Å². The van der Waals surface area contributed by atoms with Crippen molar-refractivity contribution in [2.45, 2.75) is 32.3 Å². The van der Waals surface area contributed by atoms with Crippen molar-refractivity contribution in [2.24, 2.45) is 0 Å². The maximum atomic E-state index is 13.1. The van der Waals surface area contributed by atoms with E-state index in [-0.39, 0.29) is 5.82 Å². The molecule has 13 heavy (non-hydrogen) atoms. The Bertz CT molecular complexity index is 276. The van der Waals surface area contributed by atoms with Gasteiger partial charge in [0.1, 0.15) is 5.82 Å². The van der Waals surface area contributed by atoms with E-state index in [2.05, 4.69) is 0 Å². The van der Waals surface area contributed by atoms with Crippen molar-refractivity contribution < 1.29 is 9.50 Å². The van der Waals surface area contributed by atoms with Crippen LogP contribution < -0.4 is 0 Å². The van der Waals surface area contributed by atoms with E-state index < -0.39 is 5.60 Å². The van der Waals surface area contributed by atoms with Crippen LogP contribution in [0.3, 0.4) is 0 Å². The summed E-state index contributed by atoms with van der Waals surface area (Å²) in [6, 6.07) is 6.67. The predicted octanol–water partition coefficient (Wildman–Crippen LogP) is 2.53. The number of halogens is 1. The molecule has 1 nitrogen and oxygen atoms in total. The van der Waals surface area contributed by atoms with E-state index in [0.29, 0.717) is 18.4 Å². The van der Waals surface area contributed by atoms with E-state index in [1.54, 1.807) is 26.0 Å². The van der Waals surface area contributed by atoms with Gasteiger partial charge in [-0.1, -0.05) is 18.2 Å². The monoisotopic (exact) mass is 182 g/mol. The summed E-state index contributed by atoms with van der Waals surface area (Å²) in [4.78, 5) is 0. The third-order valence-electron chi connectivity index (χ3n) is 1.96. The summed E-state index contributed by atoms with van der Waals surface area (Å²) < 4.78 is 13.1. The second-order valence-corrected chi connectivity index (χ2v) is 3.90. The summed E-state index contributed by atoms with van der Waals surface area (Å²) in [7, 11) is 0. The fraction of sp³-hybridized carbons (Fsp3) is 0.455. The Balaban J connectivity index is 2.60. The molecule has 2 heteroatoms. The number of hydrogen-bond acceptors (Lipinski definition) is 1. The van der Waals surface area contributed by atoms with Gasteiger partial charge in [-0.2, -0.15) is 0 Å². The van der Waals surface area contributed by atoms with Crippen LogP contribution in [0.2, 0.25) is 0 Å². The van der Waals surface area contributed by atoms with Crippen LogP contribution >= 0.6 is 0 Å². The van der Waals surface area contributed by atoms with Gasteiger partial charge in [-0.15, -0.1) is 0 Å². The highest BCUT2D eigenvalue weighted by Crippen LogP contribution is 2.15. The molecule has 0 fully saturated rings. The van der Waals surface area contributed by atoms with E-state index in [9.17, 15) is 9.50 Å². The maximum absolute atomic E-state index is 13.1. The summed E-state index contributed by atoms with van der Waals surface area (Å²) in [5, 5.41) is 9.45. The number of benzene rings is 1. The summed E-state index contributed by atoms with van der Waals surface area (Å²) in [6.07, 6.45) is 1.16. The first-order valence-corrected chi connectivity index (χ1v) is 4.45. The van der Waals surface area contributed by atoms with Gasteiger partial charge in [0.15, 0.2) is 0 Å². The molecule has 0 atom stereocenters. The second kappa shape index (κ2) is 3.88. The fourth-order valence-corrected chi connectivity index (χ4v) is 1.14. The standard InChI is InChI=1S/C11H15FO/c1-11(2,13)8-7-9-5-3-4-6-10(9)12/h3-6,13H,7-8H2,1-2H3. The van der Waals surface area contributed by atoms with Gasteiger partial charge in [0.25, 0.3) is 0 Å². The number of rotatable bonds is 3. The maximum Gasteiger partial charge on any atom is 0.126 e. The normalized spacial score (nSPS) is 11.7. The Morgan fingerprint density at radius 2 is 1.92 bits per heavy atom. The molecule has 0 amide bonds. The zero-order chi connectivity index (χ0) is 9.90. The van der Waals surface area contributed by atoms with Gasteiger partial charge in [-0.25, -0.2) is 4.39 Å². The molecule has 0 heterocycles. The Labute approximate surface area is 78.2 Å². The van der Waals surface area contributed by atoms with Crippen molar-refractivity contribution in [3.63, 3.8) is 0 Å². The Kier molecular flexibility index (Phi) is 3.04. The average Bonchev–Trinajstić information content (AvgIpc) is 2.01. The molecular formula is C11H15FO. The molecule has 1 rings (SSSR count).